The van der Waals surface area contributed by atoms with Gasteiger partial charge in [-0.2, -0.15) is 0 Å². The van der Waals surface area contributed by atoms with Crippen LogP contribution in [0.15, 0.2) is 48.5 Å². The molecule has 3 aliphatic heterocycles. The van der Waals surface area contributed by atoms with Crippen molar-refractivity contribution in [1.82, 2.24) is 9.80 Å². The molecule has 1 N–H and O–H groups in total. The molecule has 0 radical (unpaired) electrons. The molecule has 0 saturated carbocycles. The van der Waals surface area contributed by atoms with Gasteiger partial charge in [0, 0.05) is 25.7 Å². The van der Waals surface area contributed by atoms with Crippen LogP contribution in [0.4, 0.5) is 10.5 Å². The molecule has 0 aliphatic carbocycles. The van der Waals surface area contributed by atoms with Gasteiger partial charge in [-0.3, -0.25) is 10.3 Å². The van der Waals surface area contributed by atoms with Crippen LogP contribution >= 0.6 is 23.2 Å². The molecule has 3 aromatic rings. The van der Waals surface area contributed by atoms with Crippen LogP contribution in [0.25, 0.3) is 0 Å². The summed E-state index contributed by atoms with van der Waals surface area (Å²) >= 11 is 12.6. The highest BCUT2D eigenvalue weighted by atomic mass is 35.5. The molecule has 0 bridgehead atoms. The first-order valence-electron chi connectivity index (χ1n) is 14.6. The van der Waals surface area contributed by atoms with Gasteiger partial charge >= 0.3 is 6.03 Å². The van der Waals surface area contributed by atoms with Gasteiger partial charge in [0.2, 0.25) is 0 Å². The number of nitrogens with one attached hydrogen (secondary N) is 1. The Morgan fingerprint density at radius 2 is 1.57 bits per heavy atom. The number of amidine groups is 1. The first kappa shape index (κ1) is 30.4. The third-order valence-electron chi connectivity index (χ3n) is 9.29. The maximum absolute atomic E-state index is 14.4. The van der Waals surface area contributed by atoms with Crippen molar-refractivity contribution in [3.63, 3.8) is 0 Å². The summed E-state index contributed by atoms with van der Waals surface area (Å²) in [5.74, 6) is 2.91. The number of ether oxygens (including phenoxy) is 4. The van der Waals surface area contributed by atoms with Gasteiger partial charge in [0.1, 0.15) is 11.4 Å². The minimum atomic E-state index is -0.831. The Kier molecular flexibility index (Phi) is 8.30. The molecule has 2 fully saturated rings. The number of halogens is 2. The molecule has 3 aromatic carbocycles. The molecule has 3 aliphatic rings. The first-order valence-corrected chi connectivity index (χ1v) is 15.4. The number of anilines is 1. The number of carbonyl (C=O) groups excluding carboxylic acids is 1. The van der Waals surface area contributed by atoms with E-state index in [1.165, 1.54) is 10.5 Å². The smallest absolute Gasteiger partial charge is 0.330 e. The summed E-state index contributed by atoms with van der Waals surface area (Å²) < 4.78 is 22.2. The number of hydrogen-bond donors (Lipinski definition) is 1. The van der Waals surface area contributed by atoms with Crippen LogP contribution in [-0.2, 0) is 12.8 Å². The van der Waals surface area contributed by atoms with E-state index in [2.05, 4.69) is 17.0 Å². The van der Waals surface area contributed by atoms with E-state index < -0.39 is 5.54 Å². The highest BCUT2D eigenvalue weighted by molar-refractivity contribution is 6.42. The summed E-state index contributed by atoms with van der Waals surface area (Å²) in [6, 6.07) is 14.7. The van der Waals surface area contributed by atoms with E-state index in [9.17, 15) is 10.2 Å². The molecule has 3 heterocycles. The second kappa shape index (κ2) is 12.0. The standard InChI is InChI=1S/C33H36Cl2N4O5/c1-41-27-8-5-20(15-28(27)42-2)9-13-38-32(40)39(22-6-7-24(34)25(35)17-22)31(36)33(38)11-14-37-12-10-21-16-29(43-3)30(44-4)18-23(21)26(37)19-33/h5-8,15-18,26,36H,9-14,19H2,1-4H3/t26-,33+/m0/s1. The van der Waals surface area contributed by atoms with Crippen LogP contribution in [0, 0.1) is 5.41 Å². The molecule has 232 valence electrons. The van der Waals surface area contributed by atoms with E-state index in [0.717, 1.165) is 30.6 Å². The SMILES string of the molecule is COc1ccc(CCN2C(=O)N(c3ccc(Cl)c(Cl)c3)C(=N)[C@]23CCN2CCc4cc(OC)c(OC)cc4[C@@H]2C3)cc1OC. The molecule has 1 spiro atoms. The Hall–Kier alpha value is -3.66. The Balaban J connectivity index is 1.39. The maximum Gasteiger partial charge on any atom is 0.330 e. The molecule has 44 heavy (non-hydrogen) atoms. The molecule has 2 atom stereocenters. The summed E-state index contributed by atoms with van der Waals surface area (Å²) in [7, 11) is 6.50. The van der Waals surface area contributed by atoms with Gasteiger partial charge in [0.15, 0.2) is 23.0 Å². The summed E-state index contributed by atoms with van der Waals surface area (Å²) in [5, 5.41) is 10.3. The Morgan fingerprint density at radius 1 is 0.864 bits per heavy atom. The highest BCUT2D eigenvalue weighted by Gasteiger charge is 2.58. The maximum atomic E-state index is 14.4. The van der Waals surface area contributed by atoms with E-state index in [4.69, 9.17) is 42.1 Å². The molecule has 11 heteroatoms. The van der Waals surface area contributed by atoms with Crippen molar-refractivity contribution in [3.8, 4) is 23.0 Å². The van der Waals surface area contributed by atoms with Gasteiger partial charge in [0.25, 0.3) is 0 Å². The number of urea groups is 1. The van der Waals surface area contributed by atoms with E-state index in [0.29, 0.717) is 64.5 Å². The number of amides is 2. The van der Waals surface area contributed by atoms with Gasteiger partial charge in [-0.1, -0.05) is 29.3 Å². The van der Waals surface area contributed by atoms with Crippen LogP contribution in [0.2, 0.25) is 10.0 Å². The molecule has 6 rings (SSSR count). The van der Waals surface area contributed by atoms with Gasteiger partial charge in [-0.05, 0) is 84.8 Å². The number of nitrogens with zero attached hydrogens (tertiary/aromatic N) is 3. The van der Waals surface area contributed by atoms with E-state index >= 15 is 0 Å². The van der Waals surface area contributed by atoms with Crippen molar-refractivity contribution in [1.29, 1.82) is 5.41 Å². The van der Waals surface area contributed by atoms with Crippen LogP contribution in [0.5, 0.6) is 23.0 Å². The molecule has 9 nitrogen and oxygen atoms in total. The van der Waals surface area contributed by atoms with Crippen LogP contribution in [0.3, 0.4) is 0 Å². The summed E-state index contributed by atoms with van der Waals surface area (Å²) in [5.41, 5.74) is 3.06. The number of carbonyl (C=O) groups is 1. The van der Waals surface area contributed by atoms with Crippen molar-refractivity contribution in [2.75, 3.05) is 53.0 Å². The van der Waals surface area contributed by atoms with Gasteiger partial charge in [-0.25, -0.2) is 9.69 Å². The third-order valence-corrected chi connectivity index (χ3v) is 10.0. The van der Waals surface area contributed by atoms with Crippen LogP contribution in [-0.4, -0.2) is 75.3 Å². The molecular formula is C33H36Cl2N4O5. The minimum Gasteiger partial charge on any atom is -0.493 e. The number of hydrogen-bond acceptors (Lipinski definition) is 7. The minimum absolute atomic E-state index is 0.00204. The second-order valence-corrected chi connectivity index (χ2v) is 12.2. The van der Waals surface area contributed by atoms with Crippen molar-refractivity contribution in [2.45, 2.75) is 37.3 Å². The predicted molar refractivity (Wildman–Crippen MR) is 172 cm³/mol. The van der Waals surface area contributed by atoms with Crippen molar-refractivity contribution in [2.24, 2.45) is 0 Å². The fourth-order valence-electron chi connectivity index (χ4n) is 6.98. The molecular weight excluding hydrogens is 603 g/mol. The normalized spacial score (nSPS) is 21.4. The monoisotopic (exact) mass is 638 g/mol. The van der Waals surface area contributed by atoms with E-state index in [-0.39, 0.29) is 17.9 Å². The zero-order valence-electron chi connectivity index (χ0n) is 25.3. The van der Waals surface area contributed by atoms with Gasteiger partial charge in [0.05, 0.1) is 44.2 Å². The Morgan fingerprint density at radius 3 is 2.27 bits per heavy atom. The number of piperidine rings is 1. The molecule has 0 aromatic heterocycles. The summed E-state index contributed by atoms with van der Waals surface area (Å²) in [4.78, 5) is 20.2. The zero-order valence-corrected chi connectivity index (χ0v) is 26.8. The van der Waals surface area contributed by atoms with Crippen LogP contribution in [0.1, 0.15) is 35.6 Å². The van der Waals surface area contributed by atoms with Crippen molar-refractivity contribution in [3.05, 3.63) is 75.3 Å². The number of benzene rings is 3. The summed E-state index contributed by atoms with van der Waals surface area (Å²) in [6.45, 7) is 2.06. The number of fused-ring (bicyclic) bond motifs is 3. The average molecular weight is 640 g/mol. The largest absolute Gasteiger partial charge is 0.493 e. The van der Waals surface area contributed by atoms with Gasteiger partial charge in [-0.15, -0.1) is 0 Å². The summed E-state index contributed by atoms with van der Waals surface area (Å²) in [6.07, 6.45) is 2.69. The third kappa shape index (κ3) is 5.01. The Bertz CT molecular complexity index is 1620. The lowest BCUT2D eigenvalue weighted by Gasteiger charge is -2.50. The van der Waals surface area contributed by atoms with Crippen LogP contribution < -0.4 is 23.8 Å². The topological polar surface area (TPSA) is 87.6 Å². The number of rotatable bonds is 8. The fourth-order valence-corrected chi connectivity index (χ4v) is 7.28. The molecule has 0 unspecified atom stereocenters. The number of methoxy groups -OCH3 is 4. The van der Waals surface area contributed by atoms with Gasteiger partial charge < -0.3 is 23.8 Å². The average Bonchev–Trinajstić information content (AvgIpc) is 3.24. The highest BCUT2D eigenvalue weighted by Crippen LogP contribution is 2.49. The first-order chi connectivity index (χ1) is 21.2. The zero-order chi connectivity index (χ0) is 31.2. The van der Waals surface area contributed by atoms with E-state index in [1.807, 2.05) is 23.1 Å². The Labute approximate surface area is 267 Å². The van der Waals surface area contributed by atoms with E-state index in [1.54, 1.807) is 46.6 Å². The lowest BCUT2D eigenvalue weighted by atomic mass is 9.76. The lowest BCUT2D eigenvalue weighted by Crippen LogP contribution is -2.58. The fraction of sp³-hybridized carbons (Fsp3) is 0.394. The van der Waals surface area contributed by atoms with Crippen molar-refractivity contribution >= 4 is 40.8 Å². The second-order valence-electron chi connectivity index (χ2n) is 11.3. The quantitative estimate of drug-likeness (QED) is 0.298. The molecule has 2 amide bonds. The molecule has 2 saturated heterocycles. The lowest BCUT2D eigenvalue weighted by molar-refractivity contribution is 0.0541. The van der Waals surface area contributed by atoms with Crippen molar-refractivity contribution < 1.29 is 23.7 Å². The predicted octanol–water partition coefficient (Wildman–Crippen LogP) is 6.62.